The number of sulfonamides is 1. The Hall–Kier alpha value is -2.30. The number of aromatic nitrogens is 4. The highest BCUT2D eigenvalue weighted by atomic mass is 32.2. The first-order valence-corrected chi connectivity index (χ1v) is 9.78. The lowest BCUT2D eigenvalue weighted by molar-refractivity contribution is -0.0179. The Balaban J connectivity index is 1.62. The highest BCUT2D eigenvalue weighted by molar-refractivity contribution is 7.89. The molecule has 1 saturated heterocycles. The maximum Gasteiger partial charge on any atom is 0.246 e. The summed E-state index contributed by atoms with van der Waals surface area (Å²) in [4.78, 5) is 7.25. The highest BCUT2D eigenvalue weighted by Gasteiger charge is 2.35. The number of aromatic amines is 1. The lowest BCUT2D eigenvalue weighted by Crippen LogP contribution is -2.42. The van der Waals surface area contributed by atoms with E-state index in [1.807, 2.05) is 13.8 Å². The van der Waals surface area contributed by atoms with Crippen molar-refractivity contribution < 1.29 is 17.6 Å². The molecule has 10 heteroatoms. The first-order chi connectivity index (χ1) is 12.5. The fourth-order valence-corrected chi connectivity index (χ4v) is 4.46. The molecule has 0 radical (unpaired) electrons. The normalized spacial score (nSPS) is 19.4. The molecule has 3 aromatic heterocycles. The average molecular weight is 377 g/mol. The van der Waals surface area contributed by atoms with Gasteiger partial charge in [-0.2, -0.15) is 4.31 Å². The lowest BCUT2D eigenvalue weighted by atomic mass is 10.2. The van der Waals surface area contributed by atoms with Gasteiger partial charge in [0.1, 0.15) is 16.6 Å². The zero-order valence-electron chi connectivity index (χ0n) is 14.4. The van der Waals surface area contributed by atoms with Crippen molar-refractivity contribution in [1.82, 2.24) is 24.5 Å². The van der Waals surface area contributed by atoms with Crippen molar-refractivity contribution in [3.8, 4) is 0 Å². The van der Waals surface area contributed by atoms with E-state index in [0.29, 0.717) is 22.8 Å². The van der Waals surface area contributed by atoms with Crippen LogP contribution < -0.4 is 0 Å². The van der Waals surface area contributed by atoms with Crippen LogP contribution in [0.15, 0.2) is 33.8 Å². The summed E-state index contributed by atoms with van der Waals surface area (Å²) in [5.74, 6) is 0.902. The topological polar surface area (TPSA) is 114 Å². The molecule has 0 unspecified atom stereocenters. The van der Waals surface area contributed by atoms with Crippen molar-refractivity contribution >= 4 is 21.1 Å². The van der Waals surface area contributed by atoms with E-state index >= 15 is 0 Å². The smallest absolute Gasteiger partial charge is 0.246 e. The zero-order valence-corrected chi connectivity index (χ0v) is 15.2. The van der Waals surface area contributed by atoms with E-state index < -0.39 is 16.1 Å². The average Bonchev–Trinajstić information content (AvgIpc) is 3.29. The van der Waals surface area contributed by atoms with Gasteiger partial charge in [0.25, 0.3) is 0 Å². The molecule has 26 heavy (non-hydrogen) atoms. The molecular formula is C16H19N5O4S. The van der Waals surface area contributed by atoms with Crippen molar-refractivity contribution in [2.24, 2.45) is 0 Å². The lowest BCUT2D eigenvalue weighted by Gasteiger charge is -2.30. The van der Waals surface area contributed by atoms with Gasteiger partial charge in [0, 0.05) is 36.8 Å². The second-order valence-electron chi connectivity index (χ2n) is 6.41. The van der Waals surface area contributed by atoms with Crippen molar-refractivity contribution in [1.29, 1.82) is 0 Å². The van der Waals surface area contributed by atoms with Crippen molar-refractivity contribution in [2.45, 2.75) is 30.8 Å². The maximum atomic E-state index is 13.1. The molecular weight excluding hydrogens is 358 g/mol. The van der Waals surface area contributed by atoms with Gasteiger partial charge in [0.15, 0.2) is 0 Å². The summed E-state index contributed by atoms with van der Waals surface area (Å²) in [6, 6.07) is 3.44. The van der Waals surface area contributed by atoms with Crippen LogP contribution in [0.2, 0.25) is 0 Å². The summed E-state index contributed by atoms with van der Waals surface area (Å²) < 4.78 is 38.9. The van der Waals surface area contributed by atoms with Gasteiger partial charge in [0.05, 0.1) is 6.61 Å². The standard InChI is InChI=1S/C16H19N5O4S/c1-10(2)15-19-20-16(25-15)12-9-21(6-7-24-12)26(22,23)13-8-18-14-11(13)4-3-5-17-14/h3-5,8,10,12H,6-7,9H2,1-2H3,(H,17,18)/t12-/m0/s1. The molecule has 0 aromatic carbocycles. The van der Waals surface area contributed by atoms with Crippen LogP contribution in [-0.4, -0.2) is 52.6 Å². The van der Waals surface area contributed by atoms with Crippen LogP contribution in [0, 0.1) is 0 Å². The molecule has 3 aromatic rings. The first-order valence-electron chi connectivity index (χ1n) is 8.34. The van der Waals surface area contributed by atoms with Crippen LogP contribution >= 0.6 is 0 Å². The summed E-state index contributed by atoms with van der Waals surface area (Å²) in [5.41, 5.74) is 0.536. The van der Waals surface area contributed by atoms with Gasteiger partial charge in [-0.15, -0.1) is 10.2 Å². The molecule has 4 heterocycles. The number of rotatable bonds is 4. The van der Waals surface area contributed by atoms with E-state index in [9.17, 15) is 8.42 Å². The number of fused-ring (bicyclic) bond motifs is 1. The van der Waals surface area contributed by atoms with Gasteiger partial charge >= 0.3 is 0 Å². The maximum absolute atomic E-state index is 13.1. The van der Waals surface area contributed by atoms with E-state index in [0.717, 1.165) is 0 Å². The first kappa shape index (κ1) is 17.1. The van der Waals surface area contributed by atoms with E-state index in [1.165, 1.54) is 10.5 Å². The van der Waals surface area contributed by atoms with E-state index in [4.69, 9.17) is 9.15 Å². The molecule has 0 bridgehead atoms. The summed E-state index contributed by atoms with van der Waals surface area (Å²) in [5, 5.41) is 8.57. The predicted molar refractivity (Wildman–Crippen MR) is 91.9 cm³/mol. The number of hydrogen-bond acceptors (Lipinski definition) is 7. The summed E-state index contributed by atoms with van der Waals surface area (Å²) in [6.07, 6.45) is 2.50. The second-order valence-corrected chi connectivity index (χ2v) is 8.31. The van der Waals surface area contributed by atoms with Crippen LogP contribution in [0.3, 0.4) is 0 Å². The Labute approximate surface area is 150 Å². The second kappa shape index (κ2) is 6.45. The minimum Gasteiger partial charge on any atom is -0.422 e. The number of H-pyrrole nitrogens is 1. The van der Waals surface area contributed by atoms with E-state index in [2.05, 4.69) is 20.2 Å². The molecule has 0 amide bonds. The van der Waals surface area contributed by atoms with Gasteiger partial charge in [-0.3, -0.25) is 0 Å². The van der Waals surface area contributed by atoms with E-state index in [1.54, 1.807) is 18.3 Å². The van der Waals surface area contributed by atoms with Crippen molar-refractivity contribution in [2.75, 3.05) is 19.7 Å². The van der Waals surface area contributed by atoms with Gasteiger partial charge in [-0.05, 0) is 12.1 Å². The summed E-state index contributed by atoms with van der Waals surface area (Å²) in [7, 11) is -3.70. The molecule has 1 aliphatic heterocycles. The largest absolute Gasteiger partial charge is 0.422 e. The number of nitrogens with zero attached hydrogens (tertiary/aromatic N) is 4. The minimum atomic E-state index is -3.70. The number of pyridine rings is 1. The number of nitrogens with one attached hydrogen (secondary N) is 1. The Kier molecular flexibility index (Phi) is 4.25. The molecule has 4 rings (SSSR count). The molecule has 1 N–H and O–H groups in total. The molecule has 1 aliphatic rings. The van der Waals surface area contributed by atoms with Gasteiger partial charge in [-0.25, -0.2) is 13.4 Å². The third-order valence-corrected chi connectivity index (χ3v) is 6.19. The van der Waals surface area contributed by atoms with Gasteiger partial charge < -0.3 is 14.1 Å². The summed E-state index contributed by atoms with van der Waals surface area (Å²) in [6.45, 7) is 4.53. The minimum absolute atomic E-state index is 0.0957. The Bertz CT molecular complexity index is 1030. The fraction of sp³-hybridized carbons (Fsp3) is 0.438. The molecule has 138 valence electrons. The summed E-state index contributed by atoms with van der Waals surface area (Å²) >= 11 is 0. The molecule has 1 fully saturated rings. The third-order valence-electron chi connectivity index (χ3n) is 4.29. The van der Waals surface area contributed by atoms with Gasteiger partial charge in [0.2, 0.25) is 21.8 Å². The van der Waals surface area contributed by atoms with Crippen LogP contribution in [0.1, 0.15) is 37.7 Å². The van der Waals surface area contributed by atoms with Crippen LogP contribution in [0.5, 0.6) is 0 Å². The van der Waals surface area contributed by atoms with Crippen molar-refractivity contribution in [3.05, 3.63) is 36.3 Å². The van der Waals surface area contributed by atoms with E-state index in [-0.39, 0.29) is 30.5 Å². The third kappa shape index (κ3) is 2.89. The SMILES string of the molecule is CC(C)c1nnc([C@@H]2CN(S(=O)(=O)c3c[nH]c4ncccc34)CCO2)o1. The zero-order chi connectivity index (χ0) is 18.3. The highest BCUT2D eigenvalue weighted by Crippen LogP contribution is 2.29. The molecule has 1 atom stereocenters. The van der Waals surface area contributed by atoms with Crippen LogP contribution in [-0.2, 0) is 14.8 Å². The monoisotopic (exact) mass is 377 g/mol. The number of hydrogen-bond donors (Lipinski definition) is 1. The molecule has 0 saturated carbocycles. The Morgan fingerprint density at radius 1 is 1.35 bits per heavy atom. The Morgan fingerprint density at radius 3 is 2.96 bits per heavy atom. The van der Waals surface area contributed by atoms with Gasteiger partial charge in [-0.1, -0.05) is 13.8 Å². The molecule has 0 spiro atoms. The van der Waals surface area contributed by atoms with Crippen LogP contribution in [0.4, 0.5) is 0 Å². The quantitative estimate of drug-likeness (QED) is 0.737. The number of ether oxygens (including phenoxy) is 1. The molecule has 9 nitrogen and oxygen atoms in total. The predicted octanol–water partition coefficient (Wildman–Crippen LogP) is 1.83. The van der Waals surface area contributed by atoms with Crippen LogP contribution in [0.25, 0.3) is 11.0 Å². The fourth-order valence-electron chi connectivity index (χ4n) is 2.89. The Morgan fingerprint density at radius 2 is 2.19 bits per heavy atom. The number of morpholine rings is 1. The van der Waals surface area contributed by atoms with Crippen molar-refractivity contribution in [3.63, 3.8) is 0 Å². The molecule has 0 aliphatic carbocycles.